The van der Waals surface area contributed by atoms with E-state index in [2.05, 4.69) is 5.32 Å². The van der Waals surface area contributed by atoms with Crippen molar-refractivity contribution in [3.8, 4) is 17.2 Å². The van der Waals surface area contributed by atoms with E-state index in [1.54, 1.807) is 12.1 Å². The molecule has 2 aromatic rings. The zero-order valence-corrected chi connectivity index (χ0v) is 16.8. The molecule has 2 aromatic carbocycles. The third-order valence-electron chi connectivity index (χ3n) is 4.26. The Balaban J connectivity index is 2.52. The van der Waals surface area contributed by atoms with E-state index in [0.717, 1.165) is 11.6 Å². The highest BCUT2D eigenvalue weighted by atomic mass is 16.6. The van der Waals surface area contributed by atoms with E-state index < -0.39 is 10.8 Å². The van der Waals surface area contributed by atoms with Crippen LogP contribution < -0.4 is 19.5 Å². The number of nitrogens with one attached hydrogen (secondary N) is 1. The topological polar surface area (TPSA) is 99.9 Å². The summed E-state index contributed by atoms with van der Waals surface area (Å²) in [5, 5.41) is 14.2. The van der Waals surface area contributed by atoms with Crippen molar-refractivity contribution < 1.29 is 23.9 Å². The molecule has 0 bridgehead atoms. The van der Waals surface area contributed by atoms with Crippen molar-refractivity contribution in [1.29, 1.82) is 0 Å². The number of methoxy groups -OCH3 is 3. The number of amides is 1. The van der Waals surface area contributed by atoms with E-state index in [1.165, 1.54) is 27.4 Å². The Labute approximate surface area is 163 Å². The zero-order valence-electron chi connectivity index (χ0n) is 16.8. The lowest BCUT2D eigenvalue weighted by Gasteiger charge is -2.21. The number of anilines is 1. The van der Waals surface area contributed by atoms with Crippen molar-refractivity contribution in [2.24, 2.45) is 0 Å². The van der Waals surface area contributed by atoms with Gasteiger partial charge in [-0.05, 0) is 23.1 Å². The maximum Gasteiger partial charge on any atom is 0.286 e. The van der Waals surface area contributed by atoms with Crippen LogP contribution in [0.4, 0.5) is 11.4 Å². The zero-order chi connectivity index (χ0) is 21.1. The molecule has 0 unspecified atom stereocenters. The normalized spacial score (nSPS) is 10.9. The van der Waals surface area contributed by atoms with Crippen LogP contribution in [0, 0.1) is 10.1 Å². The summed E-state index contributed by atoms with van der Waals surface area (Å²) < 4.78 is 15.6. The number of nitro benzene ring substituents is 1. The molecule has 8 nitrogen and oxygen atoms in total. The first-order valence-electron chi connectivity index (χ1n) is 8.52. The van der Waals surface area contributed by atoms with Gasteiger partial charge in [0.25, 0.3) is 11.6 Å². The molecule has 0 heterocycles. The van der Waals surface area contributed by atoms with E-state index >= 15 is 0 Å². The van der Waals surface area contributed by atoms with Gasteiger partial charge in [-0.15, -0.1) is 0 Å². The van der Waals surface area contributed by atoms with E-state index in [9.17, 15) is 14.9 Å². The van der Waals surface area contributed by atoms with Crippen LogP contribution in [0.25, 0.3) is 0 Å². The fourth-order valence-electron chi connectivity index (χ4n) is 2.66. The molecule has 0 saturated heterocycles. The minimum atomic E-state index is -0.656. The maximum absolute atomic E-state index is 12.9. The summed E-state index contributed by atoms with van der Waals surface area (Å²) >= 11 is 0. The summed E-state index contributed by atoms with van der Waals surface area (Å²) in [4.78, 5) is 23.7. The molecule has 0 atom stereocenters. The van der Waals surface area contributed by atoms with Crippen molar-refractivity contribution in [2.45, 2.75) is 26.2 Å². The van der Waals surface area contributed by atoms with Gasteiger partial charge in [0.15, 0.2) is 11.5 Å². The van der Waals surface area contributed by atoms with Gasteiger partial charge in [0, 0.05) is 6.07 Å². The molecule has 8 heteroatoms. The molecule has 0 aromatic heterocycles. The summed E-state index contributed by atoms with van der Waals surface area (Å²) in [7, 11) is 4.24. The molecule has 0 saturated carbocycles. The molecule has 2 rings (SSSR count). The first kappa shape index (κ1) is 21.0. The Kier molecular flexibility index (Phi) is 6.12. The van der Waals surface area contributed by atoms with Gasteiger partial charge in [-0.2, -0.15) is 0 Å². The molecule has 1 amide bonds. The standard InChI is InChI=1S/C20H24N2O6/c1-20(2,3)12-7-8-16(26-4)14(9-12)21-19(23)13-10-17(27-5)18(28-6)11-15(13)22(24)25/h7-11H,1-6H3,(H,21,23). The lowest BCUT2D eigenvalue weighted by Crippen LogP contribution is -2.17. The number of rotatable bonds is 6. The van der Waals surface area contributed by atoms with E-state index in [-0.39, 0.29) is 28.2 Å². The fourth-order valence-corrected chi connectivity index (χ4v) is 2.66. The van der Waals surface area contributed by atoms with Crippen molar-refractivity contribution in [3.63, 3.8) is 0 Å². The van der Waals surface area contributed by atoms with Gasteiger partial charge in [-0.25, -0.2) is 0 Å². The minimum Gasteiger partial charge on any atom is -0.495 e. The van der Waals surface area contributed by atoms with Crippen molar-refractivity contribution in [2.75, 3.05) is 26.6 Å². The molecule has 150 valence electrons. The monoisotopic (exact) mass is 388 g/mol. The Hall–Kier alpha value is -3.29. The summed E-state index contributed by atoms with van der Waals surface area (Å²) in [6.07, 6.45) is 0. The van der Waals surface area contributed by atoms with Gasteiger partial charge in [-0.1, -0.05) is 26.8 Å². The number of benzene rings is 2. The second-order valence-corrected chi connectivity index (χ2v) is 7.10. The molecule has 0 aliphatic rings. The van der Waals surface area contributed by atoms with E-state index in [0.29, 0.717) is 11.4 Å². The first-order valence-corrected chi connectivity index (χ1v) is 8.52. The molecule has 0 aliphatic carbocycles. The SMILES string of the molecule is COc1ccc(C(C)(C)C)cc1NC(=O)c1cc(OC)c(OC)cc1[N+](=O)[O-]. The van der Waals surface area contributed by atoms with Crippen LogP contribution >= 0.6 is 0 Å². The number of carbonyl (C=O) groups is 1. The van der Waals surface area contributed by atoms with Crippen LogP contribution in [0.15, 0.2) is 30.3 Å². The number of carbonyl (C=O) groups excluding carboxylic acids is 1. The Morgan fingerprint density at radius 1 is 0.964 bits per heavy atom. The number of ether oxygens (including phenoxy) is 3. The summed E-state index contributed by atoms with van der Waals surface area (Å²) in [6, 6.07) is 7.90. The molecule has 0 radical (unpaired) electrons. The number of hydrogen-bond donors (Lipinski definition) is 1. The van der Waals surface area contributed by atoms with Gasteiger partial charge in [0.1, 0.15) is 11.3 Å². The van der Waals surface area contributed by atoms with Crippen LogP contribution in [0.5, 0.6) is 17.2 Å². The van der Waals surface area contributed by atoms with E-state index in [1.807, 2.05) is 26.8 Å². The number of hydrogen-bond acceptors (Lipinski definition) is 6. The quantitative estimate of drug-likeness (QED) is 0.589. The highest BCUT2D eigenvalue weighted by molar-refractivity contribution is 6.08. The second-order valence-electron chi connectivity index (χ2n) is 7.10. The molecular weight excluding hydrogens is 364 g/mol. The molecule has 0 spiro atoms. The molecule has 0 fully saturated rings. The third kappa shape index (κ3) is 4.33. The minimum absolute atomic E-state index is 0.147. The number of nitrogens with zero attached hydrogens (tertiary/aromatic N) is 1. The second kappa shape index (κ2) is 8.16. The van der Waals surface area contributed by atoms with Crippen LogP contribution in [0.1, 0.15) is 36.7 Å². The Morgan fingerprint density at radius 3 is 2.04 bits per heavy atom. The molecular formula is C20H24N2O6. The highest BCUT2D eigenvalue weighted by Gasteiger charge is 2.26. The van der Waals surface area contributed by atoms with Crippen molar-refractivity contribution >= 4 is 17.3 Å². The first-order chi connectivity index (χ1) is 13.1. The third-order valence-corrected chi connectivity index (χ3v) is 4.26. The largest absolute Gasteiger partial charge is 0.495 e. The van der Waals surface area contributed by atoms with Gasteiger partial charge < -0.3 is 19.5 Å². The maximum atomic E-state index is 12.9. The molecule has 28 heavy (non-hydrogen) atoms. The Bertz CT molecular complexity index is 902. The van der Waals surface area contributed by atoms with Crippen LogP contribution in [0.3, 0.4) is 0 Å². The molecule has 0 aliphatic heterocycles. The van der Waals surface area contributed by atoms with Crippen LogP contribution in [-0.2, 0) is 5.41 Å². The lowest BCUT2D eigenvalue weighted by molar-refractivity contribution is -0.385. The fraction of sp³-hybridized carbons (Fsp3) is 0.350. The van der Waals surface area contributed by atoms with Gasteiger partial charge in [0.2, 0.25) is 0 Å². The summed E-state index contributed by atoms with van der Waals surface area (Å²) in [5.74, 6) is 0.174. The smallest absolute Gasteiger partial charge is 0.286 e. The van der Waals surface area contributed by atoms with Gasteiger partial charge >= 0.3 is 0 Å². The average molecular weight is 388 g/mol. The lowest BCUT2D eigenvalue weighted by atomic mass is 9.87. The summed E-state index contributed by atoms with van der Waals surface area (Å²) in [5.41, 5.74) is 0.711. The van der Waals surface area contributed by atoms with Gasteiger partial charge in [0.05, 0.1) is 38.0 Å². The predicted octanol–water partition coefficient (Wildman–Crippen LogP) is 4.17. The van der Waals surface area contributed by atoms with Crippen LogP contribution in [0.2, 0.25) is 0 Å². The Morgan fingerprint density at radius 2 is 1.54 bits per heavy atom. The highest BCUT2D eigenvalue weighted by Crippen LogP contribution is 2.36. The summed E-state index contributed by atoms with van der Waals surface area (Å²) in [6.45, 7) is 6.12. The van der Waals surface area contributed by atoms with Crippen molar-refractivity contribution in [1.82, 2.24) is 0 Å². The molecule has 1 N–H and O–H groups in total. The predicted molar refractivity (Wildman–Crippen MR) is 106 cm³/mol. The van der Waals surface area contributed by atoms with Crippen LogP contribution in [-0.4, -0.2) is 32.2 Å². The number of nitro groups is 1. The van der Waals surface area contributed by atoms with E-state index in [4.69, 9.17) is 14.2 Å². The average Bonchev–Trinajstić information content (AvgIpc) is 2.65. The van der Waals surface area contributed by atoms with Crippen molar-refractivity contribution in [3.05, 3.63) is 51.6 Å². The van der Waals surface area contributed by atoms with Gasteiger partial charge in [-0.3, -0.25) is 14.9 Å².